The van der Waals surface area contributed by atoms with Crippen molar-refractivity contribution in [1.82, 2.24) is 0 Å². The summed E-state index contributed by atoms with van der Waals surface area (Å²) in [7, 11) is 0. The number of ether oxygens (including phenoxy) is 1. The molecule has 0 fully saturated rings. The first-order chi connectivity index (χ1) is 8.39. The molecular weight excluding hydrogens is 212 g/mol. The Balaban J connectivity index is 2.26. The van der Waals surface area contributed by atoms with Crippen LogP contribution in [0.15, 0.2) is 24.3 Å². The lowest BCUT2D eigenvalue weighted by Gasteiger charge is -2.03. The van der Waals surface area contributed by atoms with Gasteiger partial charge in [-0.25, -0.2) is 0 Å². The predicted molar refractivity (Wildman–Crippen MR) is 70.8 cm³/mol. The lowest BCUT2D eigenvalue weighted by Crippen LogP contribution is -2.04. The maximum Gasteiger partial charge on any atom is 0.305 e. The van der Waals surface area contributed by atoms with Crippen molar-refractivity contribution < 1.29 is 9.53 Å². The topological polar surface area (TPSA) is 26.3 Å². The highest BCUT2D eigenvalue weighted by molar-refractivity contribution is 5.69. The van der Waals surface area contributed by atoms with Crippen LogP contribution in [0.25, 0.3) is 0 Å². The molecule has 1 aliphatic heterocycles. The van der Waals surface area contributed by atoms with Crippen molar-refractivity contribution in [3.63, 3.8) is 0 Å². The van der Waals surface area contributed by atoms with E-state index in [2.05, 4.69) is 18.2 Å². The number of allylic oxidation sites excluding steroid dienone is 3. The van der Waals surface area contributed by atoms with E-state index < -0.39 is 0 Å². The van der Waals surface area contributed by atoms with Crippen LogP contribution in [0.4, 0.5) is 0 Å². The fraction of sp³-hybridized carbons (Fsp3) is 0.667. The number of rotatable bonds is 0. The summed E-state index contributed by atoms with van der Waals surface area (Å²) in [5.41, 5.74) is 0. The predicted octanol–water partition coefficient (Wildman–Crippen LogP) is 4.17. The summed E-state index contributed by atoms with van der Waals surface area (Å²) >= 11 is 0. The zero-order valence-corrected chi connectivity index (χ0v) is 10.7. The third kappa shape index (κ3) is 8.73. The maximum atomic E-state index is 11.3. The lowest BCUT2D eigenvalue weighted by atomic mass is 10.1. The molecule has 1 heterocycles. The average molecular weight is 236 g/mol. The number of carbonyl (C=O) groups excluding carboxylic acids is 1. The summed E-state index contributed by atoms with van der Waals surface area (Å²) in [4.78, 5) is 11.3. The largest absolute Gasteiger partial charge is 0.465 e. The van der Waals surface area contributed by atoms with E-state index in [9.17, 15) is 4.79 Å². The van der Waals surface area contributed by atoms with Crippen molar-refractivity contribution in [3.05, 3.63) is 24.3 Å². The molecule has 0 aromatic carbocycles. The summed E-state index contributed by atoms with van der Waals surface area (Å²) in [6.07, 6.45) is 18.2. The van der Waals surface area contributed by atoms with Gasteiger partial charge in [0.2, 0.25) is 0 Å². The van der Waals surface area contributed by atoms with Crippen LogP contribution in [-0.4, -0.2) is 12.6 Å². The molecule has 0 saturated heterocycles. The first-order valence-corrected chi connectivity index (χ1v) is 6.87. The van der Waals surface area contributed by atoms with E-state index in [0.29, 0.717) is 13.0 Å². The number of carbonyl (C=O) groups is 1. The van der Waals surface area contributed by atoms with Crippen molar-refractivity contribution >= 4 is 5.97 Å². The normalized spacial score (nSPS) is 24.8. The van der Waals surface area contributed by atoms with Crippen molar-refractivity contribution in [1.29, 1.82) is 0 Å². The van der Waals surface area contributed by atoms with Gasteiger partial charge in [-0.2, -0.15) is 0 Å². The Kier molecular flexibility index (Phi) is 8.35. The smallest absolute Gasteiger partial charge is 0.305 e. The highest BCUT2D eigenvalue weighted by Gasteiger charge is 2.01. The monoisotopic (exact) mass is 236 g/mol. The Morgan fingerprint density at radius 2 is 1.47 bits per heavy atom. The van der Waals surface area contributed by atoms with Crippen LogP contribution in [0.3, 0.4) is 0 Å². The molecule has 0 radical (unpaired) electrons. The van der Waals surface area contributed by atoms with E-state index >= 15 is 0 Å². The van der Waals surface area contributed by atoms with Crippen LogP contribution in [-0.2, 0) is 9.53 Å². The molecule has 0 saturated carbocycles. The van der Waals surface area contributed by atoms with Gasteiger partial charge in [0.05, 0.1) is 6.61 Å². The van der Waals surface area contributed by atoms with Crippen molar-refractivity contribution in [2.45, 2.75) is 57.8 Å². The summed E-state index contributed by atoms with van der Waals surface area (Å²) < 4.78 is 5.13. The minimum atomic E-state index is -0.0407. The molecule has 0 N–H and O–H groups in total. The minimum absolute atomic E-state index is 0.0407. The number of cyclic esters (lactones) is 1. The Hall–Kier alpha value is -1.05. The highest BCUT2D eigenvalue weighted by Crippen LogP contribution is 2.09. The minimum Gasteiger partial charge on any atom is -0.465 e. The van der Waals surface area contributed by atoms with E-state index in [4.69, 9.17) is 4.74 Å². The molecule has 0 aromatic heterocycles. The Morgan fingerprint density at radius 1 is 0.824 bits per heavy atom. The molecule has 2 heteroatoms. The SMILES string of the molecule is O=C1CCCCCCCC/C=C\C=C\CCO1. The molecule has 1 aliphatic rings. The van der Waals surface area contributed by atoms with Gasteiger partial charge < -0.3 is 4.74 Å². The number of esters is 1. The number of hydrogen-bond donors (Lipinski definition) is 0. The molecule has 0 bridgehead atoms. The lowest BCUT2D eigenvalue weighted by molar-refractivity contribution is -0.143. The molecule has 96 valence electrons. The standard InChI is InChI=1S/C15H24O2/c16-15-13-11-9-7-5-3-1-2-4-6-8-10-12-14-17-15/h4,6,8,10H,1-3,5,7,9,11-14H2/b6-4-,10-8+. The molecule has 0 amide bonds. The first-order valence-electron chi connectivity index (χ1n) is 6.87. The van der Waals surface area contributed by atoms with Crippen LogP contribution in [0, 0.1) is 0 Å². The van der Waals surface area contributed by atoms with Crippen LogP contribution in [0.2, 0.25) is 0 Å². The zero-order chi connectivity index (χ0) is 12.2. The fourth-order valence-corrected chi connectivity index (χ4v) is 1.90. The van der Waals surface area contributed by atoms with Gasteiger partial charge in [-0.05, 0) is 25.7 Å². The van der Waals surface area contributed by atoms with Crippen molar-refractivity contribution in [2.75, 3.05) is 6.61 Å². The van der Waals surface area contributed by atoms with Gasteiger partial charge in [0.15, 0.2) is 0 Å². The first kappa shape index (κ1) is 14.0. The second-order valence-corrected chi connectivity index (χ2v) is 4.53. The van der Waals surface area contributed by atoms with Crippen LogP contribution < -0.4 is 0 Å². The third-order valence-corrected chi connectivity index (χ3v) is 2.93. The summed E-state index contributed by atoms with van der Waals surface area (Å²) in [5.74, 6) is -0.0407. The quantitative estimate of drug-likeness (QED) is 0.590. The maximum absolute atomic E-state index is 11.3. The molecular formula is C15H24O2. The highest BCUT2D eigenvalue weighted by atomic mass is 16.5. The van der Waals surface area contributed by atoms with Gasteiger partial charge in [-0.15, -0.1) is 0 Å². The van der Waals surface area contributed by atoms with Crippen molar-refractivity contribution in [2.24, 2.45) is 0 Å². The molecule has 0 atom stereocenters. The Morgan fingerprint density at radius 3 is 2.29 bits per heavy atom. The molecule has 0 aliphatic carbocycles. The van der Waals surface area contributed by atoms with Gasteiger partial charge >= 0.3 is 5.97 Å². The van der Waals surface area contributed by atoms with Gasteiger partial charge in [-0.3, -0.25) is 4.79 Å². The molecule has 0 spiro atoms. The van der Waals surface area contributed by atoms with Gasteiger partial charge in [0.1, 0.15) is 0 Å². The van der Waals surface area contributed by atoms with Crippen LogP contribution in [0.5, 0.6) is 0 Å². The molecule has 17 heavy (non-hydrogen) atoms. The summed E-state index contributed by atoms with van der Waals surface area (Å²) in [6.45, 7) is 0.517. The van der Waals surface area contributed by atoms with Crippen LogP contribution >= 0.6 is 0 Å². The van der Waals surface area contributed by atoms with Crippen LogP contribution in [0.1, 0.15) is 57.8 Å². The molecule has 2 nitrogen and oxygen atoms in total. The molecule has 0 aromatic rings. The van der Waals surface area contributed by atoms with Gasteiger partial charge in [0.25, 0.3) is 0 Å². The second-order valence-electron chi connectivity index (χ2n) is 4.53. The third-order valence-electron chi connectivity index (χ3n) is 2.93. The summed E-state index contributed by atoms with van der Waals surface area (Å²) in [5, 5.41) is 0. The average Bonchev–Trinajstić information content (AvgIpc) is 2.32. The molecule has 0 unspecified atom stereocenters. The van der Waals surface area contributed by atoms with E-state index in [-0.39, 0.29) is 5.97 Å². The molecule has 1 rings (SSSR count). The van der Waals surface area contributed by atoms with E-state index in [1.54, 1.807) is 0 Å². The van der Waals surface area contributed by atoms with E-state index in [0.717, 1.165) is 19.3 Å². The van der Waals surface area contributed by atoms with Gasteiger partial charge in [0, 0.05) is 6.42 Å². The zero-order valence-electron chi connectivity index (χ0n) is 10.7. The van der Waals surface area contributed by atoms with E-state index in [1.165, 1.54) is 32.1 Å². The second kappa shape index (κ2) is 10.1. The van der Waals surface area contributed by atoms with Gasteiger partial charge in [-0.1, -0.05) is 50.0 Å². The summed E-state index contributed by atoms with van der Waals surface area (Å²) in [6, 6.07) is 0. The van der Waals surface area contributed by atoms with E-state index in [1.807, 2.05) is 6.08 Å². The fourth-order valence-electron chi connectivity index (χ4n) is 1.90. The van der Waals surface area contributed by atoms with Crippen molar-refractivity contribution in [3.8, 4) is 0 Å². The Labute approximate surface area is 105 Å². The Bertz CT molecular complexity index is 254. The number of hydrogen-bond acceptors (Lipinski definition) is 2.